The van der Waals surface area contributed by atoms with Crippen molar-refractivity contribution in [2.45, 2.75) is 25.8 Å². The molecule has 1 saturated heterocycles. The van der Waals surface area contributed by atoms with Gasteiger partial charge in [-0.2, -0.15) is 0 Å². The molecule has 12 heavy (non-hydrogen) atoms. The fraction of sp³-hybridized carbons (Fsp3) is 0.800. The molecule has 0 amide bonds. The Hall–Kier alpha value is -0.340. The Kier molecular flexibility index (Phi) is 4.33. The van der Waals surface area contributed by atoms with Crippen molar-refractivity contribution in [3.05, 3.63) is 12.7 Å². The minimum absolute atomic E-state index is 0.579. The fourth-order valence-corrected chi connectivity index (χ4v) is 1.75. The quantitative estimate of drug-likeness (QED) is 0.631. The van der Waals surface area contributed by atoms with Gasteiger partial charge in [-0.25, -0.2) is 0 Å². The molecule has 70 valence electrons. The van der Waals surface area contributed by atoms with Crippen molar-refractivity contribution < 1.29 is 4.74 Å². The topological polar surface area (TPSA) is 21.3 Å². The summed E-state index contributed by atoms with van der Waals surface area (Å²) in [4.78, 5) is 0. The van der Waals surface area contributed by atoms with Crippen LogP contribution in [0.1, 0.15) is 19.8 Å². The van der Waals surface area contributed by atoms with E-state index in [-0.39, 0.29) is 0 Å². The molecule has 0 spiro atoms. The normalized spacial score (nSPS) is 25.6. The zero-order valence-electron chi connectivity index (χ0n) is 7.88. The van der Waals surface area contributed by atoms with E-state index in [0.717, 1.165) is 26.2 Å². The smallest absolute Gasteiger partial charge is 0.0510 e. The molecule has 2 unspecified atom stereocenters. The summed E-state index contributed by atoms with van der Waals surface area (Å²) in [6, 6.07) is 0.579. The van der Waals surface area contributed by atoms with E-state index in [1.165, 1.54) is 6.42 Å². The van der Waals surface area contributed by atoms with Gasteiger partial charge in [0.1, 0.15) is 0 Å². The van der Waals surface area contributed by atoms with Gasteiger partial charge in [0.15, 0.2) is 0 Å². The lowest BCUT2D eigenvalue weighted by Crippen LogP contribution is -2.35. The van der Waals surface area contributed by atoms with Gasteiger partial charge in [0.2, 0.25) is 0 Å². The van der Waals surface area contributed by atoms with Gasteiger partial charge in [-0.05, 0) is 19.4 Å². The Morgan fingerprint density at radius 3 is 3.08 bits per heavy atom. The van der Waals surface area contributed by atoms with E-state index in [1.807, 2.05) is 6.08 Å². The Morgan fingerprint density at radius 1 is 1.75 bits per heavy atom. The zero-order valence-corrected chi connectivity index (χ0v) is 7.88. The molecule has 1 heterocycles. The lowest BCUT2D eigenvalue weighted by molar-refractivity contribution is 0.177. The maximum atomic E-state index is 5.36. The van der Waals surface area contributed by atoms with Gasteiger partial charge in [0.05, 0.1) is 6.61 Å². The Bertz CT molecular complexity index is 130. The highest BCUT2D eigenvalue weighted by molar-refractivity contribution is 4.85. The lowest BCUT2D eigenvalue weighted by Gasteiger charge is -2.21. The summed E-state index contributed by atoms with van der Waals surface area (Å²) in [5, 5.41) is 3.47. The van der Waals surface area contributed by atoms with Gasteiger partial charge >= 0.3 is 0 Å². The molecule has 0 aromatic heterocycles. The van der Waals surface area contributed by atoms with Gasteiger partial charge in [-0.15, -0.1) is 6.58 Å². The molecule has 2 atom stereocenters. The van der Waals surface area contributed by atoms with Crippen molar-refractivity contribution in [2.24, 2.45) is 5.92 Å². The molecule has 2 nitrogen and oxygen atoms in total. The minimum Gasteiger partial charge on any atom is -0.381 e. The fourth-order valence-electron chi connectivity index (χ4n) is 1.75. The molecule has 0 bridgehead atoms. The highest BCUT2D eigenvalue weighted by Gasteiger charge is 2.23. The predicted octanol–water partition coefficient (Wildman–Crippen LogP) is 1.58. The molecule has 0 aromatic carbocycles. The summed E-state index contributed by atoms with van der Waals surface area (Å²) in [7, 11) is 0. The van der Waals surface area contributed by atoms with Crippen LogP contribution in [0.5, 0.6) is 0 Å². The first-order valence-electron chi connectivity index (χ1n) is 4.80. The minimum atomic E-state index is 0.579. The molecular weight excluding hydrogens is 150 g/mol. The van der Waals surface area contributed by atoms with Crippen LogP contribution in [0.3, 0.4) is 0 Å². The van der Waals surface area contributed by atoms with Crippen LogP contribution in [0.25, 0.3) is 0 Å². The van der Waals surface area contributed by atoms with Crippen LogP contribution < -0.4 is 5.32 Å². The van der Waals surface area contributed by atoms with Crippen molar-refractivity contribution in [1.29, 1.82) is 0 Å². The van der Waals surface area contributed by atoms with Crippen LogP contribution in [0.2, 0.25) is 0 Å². The first-order chi connectivity index (χ1) is 5.88. The predicted molar refractivity (Wildman–Crippen MR) is 51.2 cm³/mol. The van der Waals surface area contributed by atoms with Crippen LogP contribution >= 0.6 is 0 Å². The second kappa shape index (κ2) is 5.33. The van der Waals surface area contributed by atoms with Gasteiger partial charge < -0.3 is 10.1 Å². The maximum Gasteiger partial charge on any atom is 0.0510 e. The Labute approximate surface area is 75.0 Å². The third-order valence-corrected chi connectivity index (χ3v) is 2.42. The van der Waals surface area contributed by atoms with E-state index in [0.29, 0.717) is 12.0 Å². The van der Waals surface area contributed by atoms with Gasteiger partial charge in [-0.1, -0.05) is 13.0 Å². The molecule has 2 heteroatoms. The van der Waals surface area contributed by atoms with E-state index >= 15 is 0 Å². The largest absolute Gasteiger partial charge is 0.381 e. The molecule has 1 fully saturated rings. The summed E-state index contributed by atoms with van der Waals surface area (Å²) in [5.74, 6) is 0.697. The van der Waals surface area contributed by atoms with E-state index in [9.17, 15) is 0 Å². The summed E-state index contributed by atoms with van der Waals surface area (Å²) in [6.45, 7) is 8.81. The summed E-state index contributed by atoms with van der Waals surface area (Å²) >= 11 is 0. The van der Waals surface area contributed by atoms with E-state index in [1.54, 1.807) is 0 Å². The highest BCUT2D eigenvalue weighted by Crippen LogP contribution is 2.18. The third-order valence-electron chi connectivity index (χ3n) is 2.42. The molecule has 0 aliphatic carbocycles. The molecule has 1 N–H and O–H groups in total. The van der Waals surface area contributed by atoms with Gasteiger partial charge in [-0.3, -0.25) is 0 Å². The number of ether oxygens (including phenoxy) is 1. The number of nitrogens with one attached hydrogen (secondary N) is 1. The van der Waals surface area contributed by atoms with Crippen molar-refractivity contribution in [3.63, 3.8) is 0 Å². The maximum absolute atomic E-state index is 5.36. The van der Waals surface area contributed by atoms with Crippen LogP contribution in [0, 0.1) is 5.92 Å². The third kappa shape index (κ3) is 2.61. The van der Waals surface area contributed by atoms with E-state index < -0.39 is 0 Å². The van der Waals surface area contributed by atoms with Crippen molar-refractivity contribution >= 4 is 0 Å². The summed E-state index contributed by atoms with van der Waals surface area (Å²) in [6.07, 6.45) is 4.25. The van der Waals surface area contributed by atoms with Crippen molar-refractivity contribution in [2.75, 3.05) is 19.8 Å². The monoisotopic (exact) mass is 169 g/mol. The van der Waals surface area contributed by atoms with Gasteiger partial charge in [0.25, 0.3) is 0 Å². The highest BCUT2D eigenvalue weighted by atomic mass is 16.5. The first-order valence-corrected chi connectivity index (χ1v) is 4.80. The second-order valence-corrected chi connectivity index (χ2v) is 3.31. The lowest BCUT2D eigenvalue weighted by atomic mass is 9.96. The molecular formula is C10H19NO. The Balaban J connectivity index is 2.33. The number of hydrogen-bond acceptors (Lipinski definition) is 2. The average Bonchev–Trinajstić information content (AvgIpc) is 2.56. The van der Waals surface area contributed by atoms with Gasteiger partial charge in [0, 0.05) is 18.6 Å². The summed E-state index contributed by atoms with van der Waals surface area (Å²) < 4.78 is 5.36. The molecule has 0 radical (unpaired) electrons. The van der Waals surface area contributed by atoms with Crippen molar-refractivity contribution in [3.8, 4) is 0 Å². The zero-order chi connectivity index (χ0) is 8.81. The molecule has 1 aliphatic rings. The molecule has 1 aliphatic heterocycles. The Morgan fingerprint density at radius 2 is 2.58 bits per heavy atom. The first kappa shape index (κ1) is 9.75. The van der Waals surface area contributed by atoms with Crippen LogP contribution in [0.4, 0.5) is 0 Å². The van der Waals surface area contributed by atoms with Crippen LogP contribution in [-0.4, -0.2) is 25.8 Å². The van der Waals surface area contributed by atoms with Crippen molar-refractivity contribution in [1.82, 2.24) is 5.32 Å². The van der Waals surface area contributed by atoms with E-state index in [2.05, 4.69) is 18.8 Å². The SMILES string of the molecule is C=CCC(NCC)C1CCOC1. The molecule has 0 aromatic rings. The summed E-state index contributed by atoms with van der Waals surface area (Å²) in [5.41, 5.74) is 0. The second-order valence-electron chi connectivity index (χ2n) is 3.31. The molecule has 1 rings (SSSR count). The number of hydrogen-bond donors (Lipinski definition) is 1. The molecule has 0 saturated carbocycles. The number of rotatable bonds is 5. The van der Waals surface area contributed by atoms with Crippen LogP contribution in [-0.2, 0) is 4.74 Å². The standard InChI is InChI=1S/C10H19NO/c1-3-5-10(11-4-2)9-6-7-12-8-9/h3,9-11H,1,4-8H2,2H3. The average molecular weight is 169 g/mol. The van der Waals surface area contributed by atoms with E-state index in [4.69, 9.17) is 4.74 Å². The van der Waals surface area contributed by atoms with Crippen LogP contribution in [0.15, 0.2) is 12.7 Å².